The van der Waals surface area contributed by atoms with Crippen molar-refractivity contribution < 1.29 is 4.79 Å². The first kappa shape index (κ1) is 15.3. The zero-order valence-electron chi connectivity index (χ0n) is 13.3. The second-order valence-corrected chi connectivity index (χ2v) is 6.46. The van der Waals surface area contributed by atoms with E-state index in [-0.39, 0.29) is 23.9 Å². The van der Waals surface area contributed by atoms with Crippen LogP contribution < -0.4 is 10.6 Å². The van der Waals surface area contributed by atoms with Gasteiger partial charge in [0.25, 0.3) is 0 Å². The average Bonchev–Trinajstić information content (AvgIpc) is 2.79. The average molecular weight is 289 g/mol. The number of anilines is 1. The summed E-state index contributed by atoms with van der Waals surface area (Å²) in [6, 6.07) is 2.14. The second-order valence-electron chi connectivity index (χ2n) is 6.46. The van der Waals surface area contributed by atoms with E-state index in [0.717, 1.165) is 11.2 Å². The molecule has 0 spiro atoms. The van der Waals surface area contributed by atoms with Crippen LogP contribution in [0.2, 0.25) is 0 Å². The van der Waals surface area contributed by atoms with E-state index in [4.69, 9.17) is 0 Å². The van der Waals surface area contributed by atoms with Gasteiger partial charge in [0.1, 0.15) is 5.52 Å². The van der Waals surface area contributed by atoms with Gasteiger partial charge in [-0.3, -0.25) is 4.79 Å². The zero-order valence-corrected chi connectivity index (χ0v) is 13.3. The van der Waals surface area contributed by atoms with Gasteiger partial charge >= 0.3 is 0 Å². The lowest BCUT2D eigenvalue weighted by atomic mass is 9.92. The van der Waals surface area contributed by atoms with E-state index in [1.807, 2.05) is 26.1 Å². The Labute approximate surface area is 125 Å². The molecule has 2 N–H and O–H groups in total. The molecule has 0 bridgehead atoms. The number of carbonyl (C=O) groups excluding carboxylic acids is 1. The van der Waals surface area contributed by atoms with Gasteiger partial charge in [0.05, 0.1) is 12.2 Å². The molecule has 0 aliphatic heterocycles. The molecule has 0 aliphatic carbocycles. The number of rotatable bonds is 4. The summed E-state index contributed by atoms with van der Waals surface area (Å²) in [5.41, 5.74) is 1.84. The fraction of sp³-hybridized carbons (Fsp3) is 0.533. The van der Waals surface area contributed by atoms with Gasteiger partial charge in [-0.1, -0.05) is 20.8 Å². The molecule has 2 heterocycles. The predicted molar refractivity (Wildman–Crippen MR) is 83.5 cm³/mol. The van der Waals surface area contributed by atoms with Gasteiger partial charge in [0, 0.05) is 23.9 Å². The Morgan fingerprint density at radius 3 is 2.71 bits per heavy atom. The summed E-state index contributed by atoms with van der Waals surface area (Å²) in [7, 11) is 0. The van der Waals surface area contributed by atoms with Crippen LogP contribution in [0.15, 0.2) is 18.5 Å². The van der Waals surface area contributed by atoms with Gasteiger partial charge in [0.2, 0.25) is 5.91 Å². The molecule has 21 heavy (non-hydrogen) atoms. The molecule has 0 saturated carbocycles. The van der Waals surface area contributed by atoms with Crippen LogP contribution in [0.4, 0.5) is 5.82 Å². The third-order valence-electron chi connectivity index (χ3n) is 3.02. The first-order valence-corrected chi connectivity index (χ1v) is 7.15. The number of amides is 1. The highest BCUT2D eigenvalue weighted by Crippen LogP contribution is 2.24. The summed E-state index contributed by atoms with van der Waals surface area (Å²) < 4.78 is 1.79. The van der Waals surface area contributed by atoms with E-state index in [9.17, 15) is 4.79 Å². The maximum atomic E-state index is 11.7. The molecule has 2 aromatic rings. The summed E-state index contributed by atoms with van der Waals surface area (Å²) in [5.74, 6) is 0.615. The van der Waals surface area contributed by atoms with Crippen LogP contribution in [-0.4, -0.2) is 33.1 Å². The van der Waals surface area contributed by atoms with E-state index < -0.39 is 0 Å². The minimum Gasteiger partial charge on any atom is -0.359 e. The van der Waals surface area contributed by atoms with E-state index >= 15 is 0 Å². The van der Waals surface area contributed by atoms with Gasteiger partial charge in [-0.2, -0.15) is 5.10 Å². The Kier molecular flexibility index (Phi) is 4.16. The molecule has 0 saturated heterocycles. The number of fused-ring (bicyclic) bond motifs is 1. The lowest BCUT2D eigenvalue weighted by Gasteiger charge is -2.13. The smallest absolute Gasteiger partial charge is 0.239 e. The van der Waals surface area contributed by atoms with Crippen LogP contribution in [0.5, 0.6) is 0 Å². The van der Waals surface area contributed by atoms with E-state index in [1.165, 1.54) is 0 Å². The summed E-state index contributed by atoms with van der Waals surface area (Å²) in [4.78, 5) is 16.0. The molecule has 1 amide bonds. The molecule has 0 radical (unpaired) electrons. The Balaban J connectivity index is 2.20. The third-order valence-corrected chi connectivity index (χ3v) is 3.02. The first-order chi connectivity index (χ1) is 9.77. The minimum atomic E-state index is -0.0515. The Morgan fingerprint density at radius 2 is 2.10 bits per heavy atom. The Hall–Kier alpha value is -2.11. The van der Waals surface area contributed by atoms with Crippen molar-refractivity contribution >= 4 is 17.2 Å². The molecule has 0 fully saturated rings. The van der Waals surface area contributed by atoms with Crippen molar-refractivity contribution in [2.45, 2.75) is 46.1 Å². The fourth-order valence-electron chi connectivity index (χ4n) is 1.96. The van der Waals surface area contributed by atoms with Gasteiger partial charge in [-0.05, 0) is 19.9 Å². The second kappa shape index (κ2) is 5.71. The van der Waals surface area contributed by atoms with Crippen LogP contribution >= 0.6 is 0 Å². The summed E-state index contributed by atoms with van der Waals surface area (Å²) in [6.45, 7) is 10.4. The number of nitrogens with zero attached hydrogens (tertiary/aromatic N) is 3. The van der Waals surface area contributed by atoms with Crippen LogP contribution in [0, 0.1) is 0 Å². The Morgan fingerprint density at radius 1 is 1.38 bits per heavy atom. The van der Waals surface area contributed by atoms with Crippen LogP contribution in [0.25, 0.3) is 5.52 Å². The highest BCUT2D eigenvalue weighted by atomic mass is 16.1. The van der Waals surface area contributed by atoms with Crippen molar-refractivity contribution in [1.29, 1.82) is 0 Å². The molecule has 2 rings (SSSR count). The van der Waals surface area contributed by atoms with Crippen LogP contribution in [-0.2, 0) is 10.2 Å². The predicted octanol–water partition coefficient (Wildman–Crippen LogP) is 1.96. The van der Waals surface area contributed by atoms with Crippen molar-refractivity contribution in [3.8, 4) is 0 Å². The quantitative estimate of drug-likeness (QED) is 0.902. The lowest BCUT2D eigenvalue weighted by molar-refractivity contribution is -0.119. The number of hydrogen-bond donors (Lipinski definition) is 2. The highest BCUT2D eigenvalue weighted by molar-refractivity contribution is 5.82. The Bertz CT molecular complexity index is 639. The minimum absolute atomic E-state index is 0.0295. The van der Waals surface area contributed by atoms with Crippen LogP contribution in [0.3, 0.4) is 0 Å². The van der Waals surface area contributed by atoms with Crippen molar-refractivity contribution in [3.63, 3.8) is 0 Å². The van der Waals surface area contributed by atoms with Gasteiger partial charge < -0.3 is 10.6 Å². The first-order valence-electron chi connectivity index (χ1n) is 7.15. The topological polar surface area (TPSA) is 71.3 Å². The van der Waals surface area contributed by atoms with Crippen LogP contribution in [0.1, 0.15) is 40.3 Å². The van der Waals surface area contributed by atoms with E-state index in [0.29, 0.717) is 5.82 Å². The van der Waals surface area contributed by atoms with Gasteiger partial charge in [-0.15, -0.1) is 0 Å². The monoisotopic (exact) mass is 289 g/mol. The molecule has 0 aliphatic rings. The number of nitrogens with one attached hydrogen (secondary N) is 2. The molecule has 0 aromatic carbocycles. The summed E-state index contributed by atoms with van der Waals surface area (Å²) >= 11 is 0. The lowest BCUT2D eigenvalue weighted by Crippen LogP contribution is -2.35. The molecule has 0 unspecified atom stereocenters. The number of hydrogen-bond acceptors (Lipinski definition) is 4. The van der Waals surface area contributed by atoms with Crippen molar-refractivity contribution in [2.24, 2.45) is 0 Å². The molecular weight excluding hydrogens is 266 g/mol. The molecule has 6 nitrogen and oxygen atoms in total. The molecule has 2 aromatic heterocycles. The molecule has 0 atom stereocenters. The van der Waals surface area contributed by atoms with Gasteiger partial charge in [-0.25, -0.2) is 9.50 Å². The molecular formula is C15H23N5O. The SMILES string of the molecule is CC(C)NC(=O)CNc1nccn2nc(C(C)(C)C)cc12. The van der Waals surface area contributed by atoms with Crippen molar-refractivity contribution in [1.82, 2.24) is 19.9 Å². The van der Waals surface area contributed by atoms with Crippen molar-refractivity contribution in [2.75, 3.05) is 11.9 Å². The standard InChI is InChI=1S/C15H23N5O/c1-10(2)18-13(21)9-17-14-11-8-12(15(3,4)5)19-20(11)7-6-16-14/h6-8,10H,9H2,1-5H3,(H,16,17)(H,18,21). The van der Waals surface area contributed by atoms with Gasteiger partial charge in [0.15, 0.2) is 5.82 Å². The number of carbonyl (C=O) groups is 1. The molecule has 114 valence electrons. The maximum Gasteiger partial charge on any atom is 0.239 e. The zero-order chi connectivity index (χ0) is 15.6. The third kappa shape index (κ3) is 3.71. The summed E-state index contributed by atoms with van der Waals surface area (Å²) in [5, 5.41) is 10.5. The number of aromatic nitrogens is 3. The highest BCUT2D eigenvalue weighted by Gasteiger charge is 2.19. The fourth-order valence-corrected chi connectivity index (χ4v) is 1.96. The van der Waals surface area contributed by atoms with Crippen molar-refractivity contribution in [3.05, 3.63) is 24.2 Å². The van der Waals surface area contributed by atoms with E-state index in [1.54, 1.807) is 10.7 Å². The summed E-state index contributed by atoms with van der Waals surface area (Å²) in [6.07, 6.45) is 3.49. The largest absolute Gasteiger partial charge is 0.359 e. The maximum absolute atomic E-state index is 11.7. The molecule has 6 heteroatoms. The van der Waals surface area contributed by atoms with E-state index in [2.05, 4.69) is 41.5 Å². The normalized spacial score (nSPS) is 11.9.